The third-order valence-corrected chi connectivity index (χ3v) is 4.20. The fraction of sp³-hybridized carbons (Fsp3) is 0.133. The average molecular weight is 350 g/mol. The van der Waals surface area contributed by atoms with Crippen LogP contribution in [-0.2, 0) is 10.3 Å². The van der Waals surface area contributed by atoms with Gasteiger partial charge in [0.15, 0.2) is 0 Å². The number of benzene rings is 2. The van der Waals surface area contributed by atoms with Gasteiger partial charge in [-0.15, -0.1) is 0 Å². The highest BCUT2D eigenvalue weighted by molar-refractivity contribution is 7.83. The van der Waals surface area contributed by atoms with E-state index < -0.39 is 16.3 Å². The summed E-state index contributed by atoms with van der Waals surface area (Å²) in [5, 5.41) is 2.25. The van der Waals surface area contributed by atoms with Gasteiger partial charge in [0, 0.05) is 14.1 Å². The molecule has 0 spiro atoms. The second kappa shape index (κ2) is 7.30. The second-order valence-electron chi connectivity index (χ2n) is 4.86. The topological polar surface area (TPSA) is 93.2 Å². The molecule has 0 unspecified atom stereocenters. The summed E-state index contributed by atoms with van der Waals surface area (Å²) in [4.78, 5) is 12.3. The SMILES string of the molecule is CN(C(=O)NN(c1ccccc1)c1ccccc1)N(C)S(=O)(=O)O. The lowest BCUT2D eigenvalue weighted by atomic mass is 10.2. The number of hydrogen-bond donors (Lipinski definition) is 2. The third-order valence-electron chi connectivity index (χ3n) is 3.29. The van der Waals surface area contributed by atoms with Crippen LogP contribution >= 0.6 is 0 Å². The molecule has 0 heterocycles. The summed E-state index contributed by atoms with van der Waals surface area (Å²) in [5.74, 6) is 0. The average Bonchev–Trinajstić information content (AvgIpc) is 2.58. The first kappa shape index (κ1) is 17.7. The van der Waals surface area contributed by atoms with E-state index in [4.69, 9.17) is 4.55 Å². The first-order valence-electron chi connectivity index (χ1n) is 6.96. The molecule has 0 radical (unpaired) electrons. The van der Waals surface area contributed by atoms with Gasteiger partial charge in [-0.05, 0) is 24.3 Å². The molecular formula is C15H18N4O4S. The molecule has 0 aliphatic rings. The summed E-state index contributed by atoms with van der Waals surface area (Å²) < 4.78 is 31.8. The molecule has 24 heavy (non-hydrogen) atoms. The van der Waals surface area contributed by atoms with E-state index in [1.165, 1.54) is 12.1 Å². The Kier molecular flexibility index (Phi) is 5.39. The van der Waals surface area contributed by atoms with Gasteiger partial charge in [-0.2, -0.15) is 8.42 Å². The number of nitrogens with zero attached hydrogens (tertiary/aromatic N) is 3. The zero-order chi connectivity index (χ0) is 17.7. The molecule has 8 nitrogen and oxygen atoms in total. The van der Waals surface area contributed by atoms with Crippen LogP contribution in [0.4, 0.5) is 16.2 Å². The quantitative estimate of drug-likeness (QED) is 0.636. The van der Waals surface area contributed by atoms with Gasteiger partial charge in [-0.1, -0.05) is 40.8 Å². The Hall–Kier alpha value is -2.62. The van der Waals surface area contributed by atoms with Crippen LogP contribution in [0.3, 0.4) is 0 Å². The van der Waals surface area contributed by atoms with Gasteiger partial charge >= 0.3 is 16.3 Å². The van der Waals surface area contributed by atoms with Gasteiger partial charge in [0.05, 0.1) is 11.4 Å². The number of hydrogen-bond acceptors (Lipinski definition) is 4. The van der Waals surface area contributed by atoms with Crippen LogP contribution in [0.5, 0.6) is 0 Å². The number of para-hydroxylation sites is 2. The molecule has 0 saturated carbocycles. The molecule has 0 atom stereocenters. The van der Waals surface area contributed by atoms with Crippen LogP contribution in [0.15, 0.2) is 60.7 Å². The molecule has 9 heteroatoms. The lowest BCUT2D eigenvalue weighted by molar-refractivity contribution is 0.125. The molecule has 2 amide bonds. The highest BCUT2D eigenvalue weighted by atomic mass is 32.2. The van der Waals surface area contributed by atoms with E-state index in [1.807, 2.05) is 36.4 Å². The van der Waals surface area contributed by atoms with Crippen molar-refractivity contribution in [3.05, 3.63) is 60.7 Å². The van der Waals surface area contributed by atoms with E-state index in [2.05, 4.69) is 5.43 Å². The summed E-state index contributed by atoms with van der Waals surface area (Å²) in [6, 6.07) is 17.3. The summed E-state index contributed by atoms with van der Waals surface area (Å²) in [6.07, 6.45) is 0. The maximum absolute atomic E-state index is 12.3. The van der Waals surface area contributed by atoms with Crippen molar-refractivity contribution in [3.8, 4) is 0 Å². The summed E-state index contributed by atoms with van der Waals surface area (Å²) in [5.41, 5.74) is 3.97. The zero-order valence-electron chi connectivity index (χ0n) is 13.2. The van der Waals surface area contributed by atoms with Gasteiger partial charge < -0.3 is 0 Å². The first-order chi connectivity index (χ1) is 11.3. The molecule has 2 rings (SSSR count). The molecular weight excluding hydrogens is 332 g/mol. The van der Waals surface area contributed by atoms with Crippen LogP contribution in [0, 0.1) is 0 Å². The standard InChI is InChI=1S/C15H18N4O4S/c1-17(18(2)24(21,22)23)15(20)16-19(13-9-5-3-6-10-13)14-11-7-4-8-12-14/h3-12H,1-2H3,(H,16,20)(H,21,22,23). The number of rotatable bonds is 5. The molecule has 2 aromatic carbocycles. The Labute approximate surface area is 140 Å². The summed E-state index contributed by atoms with van der Waals surface area (Å²) >= 11 is 0. The molecule has 2 N–H and O–H groups in total. The normalized spacial score (nSPS) is 11.2. The van der Waals surface area contributed by atoms with Gasteiger partial charge in [0.25, 0.3) is 0 Å². The Morgan fingerprint density at radius 1 is 0.917 bits per heavy atom. The maximum atomic E-state index is 12.3. The third kappa shape index (κ3) is 4.22. The highest BCUT2D eigenvalue weighted by Crippen LogP contribution is 2.22. The molecule has 0 saturated heterocycles. The van der Waals surface area contributed by atoms with Crippen LogP contribution in [0.25, 0.3) is 0 Å². The lowest BCUT2D eigenvalue weighted by Gasteiger charge is -2.30. The fourth-order valence-electron chi connectivity index (χ4n) is 1.88. The highest BCUT2D eigenvalue weighted by Gasteiger charge is 2.24. The molecule has 2 aromatic rings. The van der Waals surface area contributed by atoms with E-state index in [-0.39, 0.29) is 0 Å². The van der Waals surface area contributed by atoms with E-state index >= 15 is 0 Å². The Balaban J connectivity index is 2.28. The number of urea groups is 1. The molecule has 0 aromatic heterocycles. The van der Waals surface area contributed by atoms with Crippen LogP contribution in [0.1, 0.15) is 0 Å². The molecule has 0 aliphatic heterocycles. The monoisotopic (exact) mass is 350 g/mol. The largest absolute Gasteiger partial charge is 0.353 e. The van der Waals surface area contributed by atoms with Crippen molar-refractivity contribution in [2.45, 2.75) is 0 Å². The number of hydrazine groups is 2. The Bertz CT molecular complexity index is 744. The minimum atomic E-state index is -4.53. The van der Waals surface area contributed by atoms with Crippen molar-refractivity contribution < 1.29 is 17.8 Å². The Morgan fingerprint density at radius 2 is 1.33 bits per heavy atom. The summed E-state index contributed by atoms with van der Waals surface area (Å²) in [7, 11) is -2.25. The van der Waals surface area contributed by atoms with Crippen molar-refractivity contribution in [1.29, 1.82) is 0 Å². The molecule has 128 valence electrons. The van der Waals surface area contributed by atoms with Crippen molar-refractivity contribution in [3.63, 3.8) is 0 Å². The van der Waals surface area contributed by atoms with Crippen molar-refractivity contribution >= 4 is 27.7 Å². The number of carbonyl (C=O) groups excluding carboxylic acids is 1. The van der Waals surface area contributed by atoms with E-state index in [1.54, 1.807) is 24.3 Å². The minimum Gasteiger partial charge on any atom is -0.272 e. The predicted molar refractivity (Wildman–Crippen MR) is 90.6 cm³/mol. The van der Waals surface area contributed by atoms with Crippen molar-refractivity contribution in [2.75, 3.05) is 19.1 Å². The second-order valence-corrected chi connectivity index (χ2v) is 6.28. The van der Waals surface area contributed by atoms with E-state index in [9.17, 15) is 13.2 Å². The number of anilines is 2. The summed E-state index contributed by atoms with van der Waals surface area (Å²) in [6.45, 7) is 0. The lowest BCUT2D eigenvalue weighted by Crippen LogP contribution is -2.52. The zero-order valence-corrected chi connectivity index (χ0v) is 14.0. The Morgan fingerprint density at radius 3 is 1.71 bits per heavy atom. The smallest absolute Gasteiger partial charge is 0.272 e. The minimum absolute atomic E-state index is 0.427. The van der Waals surface area contributed by atoms with Gasteiger partial charge in [-0.25, -0.2) is 15.2 Å². The number of amides is 2. The fourth-order valence-corrected chi connectivity index (χ4v) is 2.27. The van der Waals surface area contributed by atoms with Crippen molar-refractivity contribution in [1.82, 2.24) is 14.8 Å². The first-order valence-corrected chi connectivity index (χ1v) is 8.36. The predicted octanol–water partition coefficient (Wildman–Crippen LogP) is 2.03. The van der Waals surface area contributed by atoms with Crippen LogP contribution in [0.2, 0.25) is 0 Å². The molecule has 0 fully saturated rings. The number of nitrogens with one attached hydrogen (secondary N) is 1. The van der Waals surface area contributed by atoms with Gasteiger partial charge in [-0.3, -0.25) is 9.56 Å². The van der Waals surface area contributed by atoms with E-state index in [0.29, 0.717) is 15.8 Å². The van der Waals surface area contributed by atoms with Gasteiger partial charge in [0.1, 0.15) is 0 Å². The maximum Gasteiger partial charge on any atom is 0.353 e. The van der Waals surface area contributed by atoms with Gasteiger partial charge in [0.2, 0.25) is 0 Å². The molecule has 0 aliphatic carbocycles. The number of carbonyl (C=O) groups is 1. The van der Waals surface area contributed by atoms with Crippen molar-refractivity contribution in [2.24, 2.45) is 0 Å². The van der Waals surface area contributed by atoms with Crippen LogP contribution in [-0.4, -0.2) is 42.5 Å². The van der Waals surface area contributed by atoms with E-state index in [0.717, 1.165) is 12.1 Å². The van der Waals surface area contributed by atoms with Crippen LogP contribution < -0.4 is 10.4 Å². The molecule has 0 bridgehead atoms.